The fourth-order valence-corrected chi connectivity index (χ4v) is 2.41. The number of rotatable bonds is 2. The van der Waals surface area contributed by atoms with Crippen molar-refractivity contribution in [1.82, 2.24) is 0 Å². The predicted molar refractivity (Wildman–Crippen MR) is 64.9 cm³/mol. The first-order chi connectivity index (χ1) is 7.59. The van der Waals surface area contributed by atoms with Gasteiger partial charge in [0, 0.05) is 17.2 Å². The van der Waals surface area contributed by atoms with Crippen LogP contribution in [0.4, 0.5) is 0 Å². The van der Waals surface area contributed by atoms with E-state index in [1.165, 1.54) is 0 Å². The molecule has 0 aliphatic carbocycles. The molecule has 88 valence electrons. The van der Waals surface area contributed by atoms with E-state index in [0.717, 1.165) is 36.1 Å². The average Bonchev–Trinajstić information content (AvgIpc) is 2.75. The molecule has 2 unspecified atom stereocenters. The molecule has 1 aromatic carbocycles. The maximum absolute atomic E-state index is 10.2. The molecule has 0 saturated carbocycles. The summed E-state index contributed by atoms with van der Waals surface area (Å²) in [5.74, 6) is 0. The lowest BCUT2D eigenvalue weighted by Gasteiger charge is -2.20. The summed E-state index contributed by atoms with van der Waals surface area (Å²) in [6, 6.07) is 3.87. The summed E-state index contributed by atoms with van der Waals surface area (Å²) in [6.07, 6.45) is 1.23. The summed E-state index contributed by atoms with van der Waals surface area (Å²) in [4.78, 5) is 0. The van der Waals surface area contributed by atoms with Gasteiger partial charge >= 0.3 is 0 Å². The van der Waals surface area contributed by atoms with Crippen molar-refractivity contribution in [3.05, 3.63) is 33.8 Å². The van der Waals surface area contributed by atoms with Crippen molar-refractivity contribution in [2.24, 2.45) is 0 Å². The second-order valence-corrected chi connectivity index (χ2v) is 4.86. The van der Waals surface area contributed by atoms with Gasteiger partial charge in [0.2, 0.25) is 0 Å². The summed E-state index contributed by atoms with van der Waals surface area (Å²) >= 11 is 6.16. The van der Waals surface area contributed by atoms with Crippen LogP contribution < -0.4 is 0 Å². The number of aliphatic hydroxyl groups excluding tert-OH is 1. The van der Waals surface area contributed by atoms with Crippen LogP contribution >= 0.6 is 11.6 Å². The molecule has 16 heavy (non-hydrogen) atoms. The number of hydrogen-bond acceptors (Lipinski definition) is 2. The normalized spacial score (nSPS) is 22.4. The van der Waals surface area contributed by atoms with Gasteiger partial charge in [-0.15, -0.1) is 0 Å². The van der Waals surface area contributed by atoms with E-state index in [1.807, 2.05) is 26.0 Å². The molecule has 1 aromatic rings. The minimum absolute atomic E-state index is 0.0976. The van der Waals surface area contributed by atoms with Gasteiger partial charge in [0.15, 0.2) is 0 Å². The number of aryl methyl sites for hydroxylation is 2. The van der Waals surface area contributed by atoms with Gasteiger partial charge in [-0.25, -0.2) is 0 Å². The quantitative estimate of drug-likeness (QED) is 0.861. The highest BCUT2D eigenvalue weighted by atomic mass is 35.5. The third-order valence-corrected chi connectivity index (χ3v) is 3.58. The Bertz CT molecular complexity index is 384. The maximum atomic E-state index is 10.2. The minimum atomic E-state index is -0.603. The molecule has 2 rings (SSSR count). The molecule has 1 aliphatic heterocycles. The van der Waals surface area contributed by atoms with Crippen LogP contribution in [-0.2, 0) is 4.74 Å². The Morgan fingerprint density at radius 2 is 2.06 bits per heavy atom. The number of hydrogen-bond donors (Lipinski definition) is 1. The smallest absolute Gasteiger partial charge is 0.107 e. The molecule has 1 saturated heterocycles. The Morgan fingerprint density at radius 1 is 1.38 bits per heavy atom. The largest absolute Gasteiger partial charge is 0.386 e. The van der Waals surface area contributed by atoms with E-state index in [9.17, 15) is 5.11 Å². The number of benzene rings is 1. The summed E-state index contributed by atoms with van der Waals surface area (Å²) < 4.78 is 5.49. The second kappa shape index (κ2) is 4.74. The maximum Gasteiger partial charge on any atom is 0.107 e. The molecule has 0 aromatic heterocycles. The van der Waals surface area contributed by atoms with Crippen LogP contribution in [0.1, 0.15) is 35.6 Å². The Hall–Kier alpha value is -0.570. The van der Waals surface area contributed by atoms with Gasteiger partial charge in [-0.05, 0) is 43.9 Å². The van der Waals surface area contributed by atoms with Gasteiger partial charge in [0.05, 0.1) is 6.10 Å². The zero-order valence-corrected chi connectivity index (χ0v) is 10.4. The molecule has 3 heteroatoms. The monoisotopic (exact) mass is 240 g/mol. The lowest BCUT2D eigenvalue weighted by atomic mass is 9.98. The Kier molecular flexibility index (Phi) is 3.53. The van der Waals surface area contributed by atoms with E-state index in [2.05, 4.69) is 0 Å². The van der Waals surface area contributed by atoms with E-state index < -0.39 is 6.10 Å². The van der Waals surface area contributed by atoms with Crippen LogP contribution in [0.3, 0.4) is 0 Å². The first kappa shape index (κ1) is 11.9. The molecule has 0 bridgehead atoms. The van der Waals surface area contributed by atoms with E-state index in [4.69, 9.17) is 16.3 Å². The highest BCUT2D eigenvalue weighted by Crippen LogP contribution is 2.32. The fourth-order valence-electron chi connectivity index (χ4n) is 2.08. The summed E-state index contributed by atoms with van der Waals surface area (Å²) in [5, 5.41) is 10.8. The van der Waals surface area contributed by atoms with Crippen molar-refractivity contribution < 1.29 is 9.84 Å². The van der Waals surface area contributed by atoms with Crippen molar-refractivity contribution in [1.29, 1.82) is 0 Å². The molecule has 0 radical (unpaired) electrons. The molecule has 1 aliphatic rings. The Balaban J connectivity index is 2.28. The molecular formula is C13H17ClO2. The molecule has 2 atom stereocenters. The predicted octanol–water partition coefficient (Wildman–Crippen LogP) is 3.17. The summed E-state index contributed by atoms with van der Waals surface area (Å²) in [6.45, 7) is 4.78. The first-order valence-corrected chi connectivity index (χ1v) is 6.03. The van der Waals surface area contributed by atoms with Gasteiger partial charge in [0.1, 0.15) is 6.10 Å². The summed E-state index contributed by atoms with van der Waals surface area (Å²) in [7, 11) is 0. The van der Waals surface area contributed by atoms with Crippen molar-refractivity contribution in [2.45, 2.75) is 38.9 Å². The molecular weight excluding hydrogens is 224 g/mol. The van der Waals surface area contributed by atoms with E-state index in [0.29, 0.717) is 5.02 Å². The zero-order chi connectivity index (χ0) is 11.7. The molecule has 0 amide bonds. The molecule has 1 N–H and O–H groups in total. The minimum Gasteiger partial charge on any atom is -0.386 e. The Morgan fingerprint density at radius 3 is 2.69 bits per heavy atom. The van der Waals surface area contributed by atoms with Crippen molar-refractivity contribution in [3.63, 3.8) is 0 Å². The lowest BCUT2D eigenvalue weighted by Crippen LogP contribution is -2.17. The Labute approximate surface area is 101 Å². The fraction of sp³-hybridized carbons (Fsp3) is 0.538. The van der Waals surface area contributed by atoms with Crippen LogP contribution in [-0.4, -0.2) is 17.8 Å². The molecule has 0 spiro atoms. The SMILES string of the molecule is Cc1cc(Cl)c(C(O)C2CCCO2)cc1C. The second-order valence-electron chi connectivity index (χ2n) is 4.45. The third kappa shape index (κ3) is 2.24. The van der Waals surface area contributed by atoms with Gasteiger partial charge in [-0.2, -0.15) is 0 Å². The highest BCUT2D eigenvalue weighted by Gasteiger charge is 2.27. The first-order valence-electron chi connectivity index (χ1n) is 5.66. The highest BCUT2D eigenvalue weighted by molar-refractivity contribution is 6.31. The van der Waals surface area contributed by atoms with E-state index in [-0.39, 0.29) is 6.10 Å². The zero-order valence-electron chi connectivity index (χ0n) is 9.66. The van der Waals surface area contributed by atoms with Crippen molar-refractivity contribution in [2.75, 3.05) is 6.61 Å². The van der Waals surface area contributed by atoms with E-state index in [1.54, 1.807) is 0 Å². The third-order valence-electron chi connectivity index (χ3n) is 3.25. The van der Waals surface area contributed by atoms with Crippen LogP contribution in [0.25, 0.3) is 0 Å². The van der Waals surface area contributed by atoms with Gasteiger partial charge < -0.3 is 9.84 Å². The molecule has 2 nitrogen and oxygen atoms in total. The molecule has 1 heterocycles. The van der Waals surface area contributed by atoms with Crippen LogP contribution in [0.15, 0.2) is 12.1 Å². The van der Waals surface area contributed by atoms with E-state index >= 15 is 0 Å². The number of aliphatic hydroxyl groups is 1. The van der Waals surface area contributed by atoms with Gasteiger partial charge in [-0.1, -0.05) is 17.7 Å². The summed E-state index contributed by atoms with van der Waals surface area (Å²) in [5.41, 5.74) is 3.08. The van der Waals surface area contributed by atoms with Crippen molar-refractivity contribution >= 4 is 11.6 Å². The standard InChI is InChI=1S/C13H17ClO2/c1-8-6-10(11(14)7-9(8)2)13(15)12-4-3-5-16-12/h6-7,12-13,15H,3-5H2,1-2H3. The lowest BCUT2D eigenvalue weighted by molar-refractivity contribution is -0.00256. The van der Waals surface area contributed by atoms with Crippen LogP contribution in [0.5, 0.6) is 0 Å². The number of ether oxygens (including phenoxy) is 1. The van der Waals surface area contributed by atoms with Gasteiger partial charge in [0.25, 0.3) is 0 Å². The van der Waals surface area contributed by atoms with Crippen LogP contribution in [0, 0.1) is 13.8 Å². The van der Waals surface area contributed by atoms with Crippen molar-refractivity contribution in [3.8, 4) is 0 Å². The number of halogens is 1. The average molecular weight is 241 g/mol. The van der Waals surface area contributed by atoms with Crippen LogP contribution in [0.2, 0.25) is 5.02 Å². The topological polar surface area (TPSA) is 29.5 Å². The van der Waals surface area contributed by atoms with Gasteiger partial charge in [-0.3, -0.25) is 0 Å². The molecule has 1 fully saturated rings.